The predicted octanol–water partition coefficient (Wildman–Crippen LogP) is 2.09. The van der Waals surface area contributed by atoms with Crippen LogP contribution in [0.2, 0.25) is 0 Å². The van der Waals surface area contributed by atoms with E-state index in [-0.39, 0.29) is 5.92 Å². The van der Waals surface area contributed by atoms with Crippen LogP contribution in [-0.2, 0) is 4.79 Å². The van der Waals surface area contributed by atoms with Crippen molar-refractivity contribution < 1.29 is 4.79 Å². The summed E-state index contributed by atoms with van der Waals surface area (Å²) >= 11 is 4.84. The highest BCUT2D eigenvalue weighted by atomic mass is 32.1. The maximum Gasteiger partial charge on any atom is 0.225 e. The predicted molar refractivity (Wildman–Crippen MR) is 70.2 cm³/mol. The SMILES string of the molecule is CCN(CCC(N)=S)C(=O)C1CCCCC1. The maximum atomic E-state index is 12.2. The second kappa shape index (κ2) is 6.84. The monoisotopic (exact) mass is 242 g/mol. The number of carbonyl (C=O) groups is 1. The molecule has 0 heterocycles. The largest absolute Gasteiger partial charge is 0.393 e. The Labute approximate surface area is 103 Å². The summed E-state index contributed by atoms with van der Waals surface area (Å²) in [7, 11) is 0. The van der Waals surface area contributed by atoms with Crippen LogP contribution in [0, 0.1) is 5.92 Å². The summed E-state index contributed by atoms with van der Waals surface area (Å²) in [4.78, 5) is 14.6. The molecule has 0 aromatic carbocycles. The molecule has 0 radical (unpaired) electrons. The summed E-state index contributed by atoms with van der Waals surface area (Å²) in [5.41, 5.74) is 5.47. The van der Waals surface area contributed by atoms with Crippen LogP contribution in [0.3, 0.4) is 0 Å². The van der Waals surface area contributed by atoms with E-state index in [1.54, 1.807) is 0 Å². The molecule has 0 aliphatic heterocycles. The molecule has 0 unspecified atom stereocenters. The van der Waals surface area contributed by atoms with Crippen LogP contribution in [0.25, 0.3) is 0 Å². The van der Waals surface area contributed by atoms with E-state index in [9.17, 15) is 4.79 Å². The second-order valence-corrected chi connectivity index (χ2v) is 4.99. The lowest BCUT2D eigenvalue weighted by Crippen LogP contribution is -2.38. The van der Waals surface area contributed by atoms with Gasteiger partial charge in [-0.05, 0) is 19.8 Å². The standard InChI is InChI=1S/C12H22N2OS/c1-2-14(9-8-11(13)16)12(15)10-6-4-3-5-7-10/h10H,2-9H2,1H3,(H2,13,16). The lowest BCUT2D eigenvalue weighted by atomic mass is 9.88. The zero-order chi connectivity index (χ0) is 12.0. The van der Waals surface area contributed by atoms with E-state index in [0.717, 1.165) is 19.4 Å². The summed E-state index contributed by atoms with van der Waals surface area (Å²) in [5.74, 6) is 0.554. The normalized spacial score (nSPS) is 17.1. The van der Waals surface area contributed by atoms with E-state index in [2.05, 4.69) is 0 Å². The highest BCUT2D eigenvalue weighted by Crippen LogP contribution is 2.25. The minimum atomic E-state index is 0.250. The Hall–Kier alpha value is -0.640. The van der Waals surface area contributed by atoms with Crippen molar-refractivity contribution >= 4 is 23.1 Å². The molecule has 1 fully saturated rings. The van der Waals surface area contributed by atoms with E-state index in [1.807, 2.05) is 11.8 Å². The van der Waals surface area contributed by atoms with Crippen LogP contribution in [0.15, 0.2) is 0 Å². The first-order valence-electron chi connectivity index (χ1n) is 6.22. The Kier molecular flexibility index (Phi) is 5.74. The molecule has 0 aromatic heterocycles. The fourth-order valence-corrected chi connectivity index (χ4v) is 2.37. The molecule has 2 N–H and O–H groups in total. The Balaban J connectivity index is 2.44. The van der Waals surface area contributed by atoms with Gasteiger partial charge in [0, 0.05) is 25.4 Å². The fourth-order valence-electron chi connectivity index (χ4n) is 2.28. The molecular formula is C12H22N2OS. The van der Waals surface area contributed by atoms with Gasteiger partial charge in [-0.25, -0.2) is 0 Å². The Morgan fingerprint density at radius 3 is 2.50 bits per heavy atom. The molecule has 0 aromatic rings. The summed E-state index contributed by atoms with van der Waals surface area (Å²) < 4.78 is 0. The maximum absolute atomic E-state index is 12.2. The molecule has 0 saturated heterocycles. The van der Waals surface area contributed by atoms with Crippen LogP contribution < -0.4 is 5.73 Å². The van der Waals surface area contributed by atoms with Crippen molar-refractivity contribution in [3.8, 4) is 0 Å². The van der Waals surface area contributed by atoms with Crippen molar-refractivity contribution in [1.29, 1.82) is 0 Å². The van der Waals surface area contributed by atoms with Crippen molar-refractivity contribution in [1.82, 2.24) is 4.90 Å². The van der Waals surface area contributed by atoms with Gasteiger partial charge in [-0.1, -0.05) is 31.5 Å². The molecule has 3 nitrogen and oxygen atoms in total. The Morgan fingerprint density at radius 2 is 2.00 bits per heavy atom. The van der Waals surface area contributed by atoms with Gasteiger partial charge in [0.25, 0.3) is 0 Å². The third kappa shape index (κ3) is 4.08. The third-order valence-corrected chi connectivity index (χ3v) is 3.48. The van der Waals surface area contributed by atoms with E-state index in [4.69, 9.17) is 18.0 Å². The molecule has 1 aliphatic carbocycles. The smallest absolute Gasteiger partial charge is 0.225 e. The topological polar surface area (TPSA) is 46.3 Å². The molecule has 0 bridgehead atoms. The zero-order valence-electron chi connectivity index (χ0n) is 10.1. The highest BCUT2D eigenvalue weighted by Gasteiger charge is 2.24. The number of amides is 1. The summed E-state index contributed by atoms with van der Waals surface area (Å²) in [6.45, 7) is 3.46. The van der Waals surface area contributed by atoms with E-state index in [0.29, 0.717) is 23.9 Å². The van der Waals surface area contributed by atoms with Crippen molar-refractivity contribution in [2.24, 2.45) is 11.7 Å². The Bertz CT molecular complexity index is 249. The van der Waals surface area contributed by atoms with Crippen molar-refractivity contribution in [2.45, 2.75) is 45.4 Å². The van der Waals surface area contributed by atoms with Gasteiger partial charge in [-0.3, -0.25) is 4.79 Å². The molecule has 16 heavy (non-hydrogen) atoms. The molecule has 1 aliphatic rings. The van der Waals surface area contributed by atoms with Crippen LogP contribution in [0.5, 0.6) is 0 Å². The average Bonchev–Trinajstić information content (AvgIpc) is 2.30. The van der Waals surface area contributed by atoms with Gasteiger partial charge in [-0.2, -0.15) is 0 Å². The first-order chi connectivity index (χ1) is 7.65. The van der Waals surface area contributed by atoms with Gasteiger partial charge in [0.1, 0.15) is 0 Å². The van der Waals surface area contributed by atoms with Gasteiger partial charge in [0.05, 0.1) is 4.99 Å². The third-order valence-electron chi connectivity index (χ3n) is 3.28. The van der Waals surface area contributed by atoms with Crippen LogP contribution >= 0.6 is 12.2 Å². The average molecular weight is 242 g/mol. The fraction of sp³-hybridized carbons (Fsp3) is 0.833. The lowest BCUT2D eigenvalue weighted by Gasteiger charge is -2.28. The minimum absolute atomic E-state index is 0.250. The molecule has 92 valence electrons. The van der Waals surface area contributed by atoms with E-state index < -0.39 is 0 Å². The summed E-state index contributed by atoms with van der Waals surface area (Å²) in [6, 6.07) is 0. The first kappa shape index (κ1) is 13.4. The van der Waals surface area contributed by atoms with Crippen molar-refractivity contribution in [3.05, 3.63) is 0 Å². The summed E-state index contributed by atoms with van der Waals surface area (Å²) in [6.07, 6.45) is 6.43. The number of hydrogen-bond acceptors (Lipinski definition) is 2. The number of thiocarbonyl (C=S) groups is 1. The molecule has 0 atom stereocenters. The Morgan fingerprint density at radius 1 is 1.38 bits per heavy atom. The van der Waals surface area contributed by atoms with Crippen molar-refractivity contribution in [2.75, 3.05) is 13.1 Å². The van der Waals surface area contributed by atoms with Crippen LogP contribution in [0.1, 0.15) is 45.4 Å². The van der Waals surface area contributed by atoms with Gasteiger partial charge in [0.15, 0.2) is 0 Å². The van der Waals surface area contributed by atoms with Gasteiger partial charge < -0.3 is 10.6 Å². The van der Waals surface area contributed by atoms with Crippen LogP contribution in [0.4, 0.5) is 0 Å². The second-order valence-electron chi connectivity index (χ2n) is 4.47. The minimum Gasteiger partial charge on any atom is -0.393 e. The van der Waals surface area contributed by atoms with Gasteiger partial charge in [-0.15, -0.1) is 0 Å². The number of nitrogens with zero attached hydrogens (tertiary/aromatic N) is 1. The molecule has 1 rings (SSSR count). The molecule has 1 saturated carbocycles. The number of carbonyl (C=O) groups excluding carboxylic acids is 1. The van der Waals surface area contributed by atoms with Gasteiger partial charge >= 0.3 is 0 Å². The molecule has 4 heteroatoms. The lowest BCUT2D eigenvalue weighted by molar-refractivity contribution is -0.136. The molecular weight excluding hydrogens is 220 g/mol. The van der Waals surface area contributed by atoms with Crippen LogP contribution in [-0.4, -0.2) is 28.9 Å². The van der Waals surface area contributed by atoms with Crippen molar-refractivity contribution in [3.63, 3.8) is 0 Å². The highest BCUT2D eigenvalue weighted by molar-refractivity contribution is 7.80. The number of hydrogen-bond donors (Lipinski definition) is 1. The quantitative estimate of drug-likeness (QED) is 0.751. The zero-order valence-corrected chi connectivity index (χ0v) is 10.9. The number of rotatable bonds is 5. The summed E-state index contributed by atoms with van der Waals surface area (Å²) in [5, 5.41) is 0. The molecule has 1 amide bonds. The van der Waals surface area contributed by atoms with E-state index >= 15 is 0 Å². The van der Waals surface area contributed by atoms with Gasteiger partial charge in [0.2, 0.25) is 5.91 Å². The molecule has 0 spiro atoms. The first-order valence-corrected chi connectivity index (χ1v) is 6.63. The van der Waals surface area contributed by atoms with E-state index in [1.165, 1.54) is 19.3 Å². The number of nitrogens with two attached hydrogens (primary N) is 1.